The van der Waals surface area contributed by atoms with E-state index in [1.807, 2.05) is 13.8 Å². The number of benzene rings is 1. The molecule has 0 aliphatic carbocycles. The Morgan fingerprint density at radius 1 is 1.10 bits per heavy atom. The predicted molar refractivity (Wildman–Crippen MR) is 104 cm³/mol. The molecule has 29 heavy (non-hydrogen) atoms. The summed E-state index contributed by atoms with van der Waals surface area (Å²) in [7, 11) is -3.78. The van der Waals surface area contributed by atoms with Gasteiger partial charge in [0.15, 0.2) is 10.6 Å². The van der Waals surface area contributed by atoms with Crippen molar-refractivity contribution in [2.45, 2.75) is 43.4 Å². The summed E-state index contributed by atoms with van der Waals surface area (Å²) in [5.74, 6) is -0.449. The topological polar surface area (TPSA) is 102 Å². The number of hydrogen-bond donors (Lipinski definition) is 0. The zero-order valence-electron chi connectivity index (χ0n) is 16.2. The van der Waals surface area contributed by atoms with E-state index in [1.54, 1.807) is 34.9 Å². The standard InChI is InChI=1S/C19H22N4O5S/c1-14(2)21-12-16(20-13-21)29(26,27)22-10-8-19(9-11-22)17(24)23(18(25)28-19)15-6-4-3-5-7-15/h3-7,12-14H,8-11H2,1-2H3. The largest absolute Gasteiger partial charge is 0.432 e. The van der Waals surface area contributed by atoms with E-state index in [2.05, 4.69) is 4.98 Å². The van der Waals surface area contributed by atoms with E-state index < -0.39 is 27.6 Å². The van der Waals surface area contributed by atoms with Crippen LogP contribution in [-0.4, -0.2) is 53.0 Å². The van der Waals surface area contributed by atoms with Crippen LogP contribution in [0.1, 0.15) is 32.7 Å². The van der Waals surface area contributed by atoms with Gasteiger partial charge < -0.3 is 9.30 Å². The number of amides is 2. The second-order valence-corrected chi connectivity index (χ2v) is 9.38. The van der Waals surface area contributed by atoms with Gasteiger partial charge in [-0.05, 0) is 26.0 Å². The summed E-state index contributed by atoms with van der Waals surface area (Å²) in [6.45, 7) is 4.00. The minimum absolute atomic E-state index is 0.0252. The van der Waals surface area contributed by atoms with E-state index in [0.717, 1.165) is 4.90 Å². The maximum atomic E-state index is 13.0. The average molecular weight is 418 g/mol. The number of para-hydroxylation sites is 1. The van der Waals surface area contributed by atoms with Crippen LogP contribution in [0, 0.1) is 0 Å². The summed E-state index contributed by atoms with van der Waals surface area (Å²) in [6, 6.07) is 8.65. The molecule has 0 saturated carbocycles. The lowest BCUT2D eigenvalue weighted by Crippen LogP contribution is -2.51. The van der Waals surface area contributed by atoms with Crippen LogP contribution in [0.5, 0.6) is 0 Å². The molecule has 0 unspecified atom stereocenters. The number of carbonyl (C=O) groups excluding carboxylic acids is 2. The molecule has 1 aromatic carbocycles. The summed E-state index contributed by atoms with van der Waals surface area (Å²) in [4.78, 5) is 30.4. The van der Waals surface area contributed by atoms with Crippen LogP contribution in [0.25, 0.3) is 0 Å². The van der Waals surface area contributed by atoms with Gasteiger partial charge in [-0.15, -0.1) is 0 Å². The van der Waals surface area contributed by atoms with Crippen LogP contribution in [0.15, 0.2) is 47.9 Å². The molecule has 2 aliphatic heterocycles. The zero-order chi connectivity index (χ0) is 20.8. The van der Waals surface area contributed by atoms with E-state index in [4.69, 9.17) is 4.74 Å². The van der Waals surface area contributed by atoms with Gasteiger partial charge in [0.05, 0.1) is 12.0 Å². The van der Waals surface area contributed by atoms with Crippen LogP contribution in [0.4, 0.5) is 10.5 Å². The van der Waals surface area contributed by atoms with Crippen molar-refractivity contribution in [1.29, 1.82) is 0 Å². The number of anilines is 1. The Bertz CT molecular complexity index is 1040. The van der Waals surface area contributed by atoms with Crippen LogP contribution >= 0.6 is 0 Å². The number of sulfonamides is 1. The van der Waals surface area contributed by atoms with Crippen molar-refractivity contribution < 1.29 is 22.7 Å². The Hall–Kier alpha value is -2.72. The molecule has 9 nitrogen and oxygen atoms in total. The predicted octanol–water partition coefficient (Wildman–Crippen LogP) is 2.17. The molecule has 0 atom stereocenters. The molecule has 0 bridgehead atoms. The molecule has 4 rings (SSSR count). The molecule has 2 aromatic rings. The SMILES string of the molecule is CC(C)n1cnc(S(=O)(=O)N2CCC3(CC2)OC(=O)N(c2ccccc2)C3=O)c1. The molecule has 2 fully saturated rings. The summed E-state index contributed by atoms with van der Waals surface area (Å²) in [6.07, 6.45) is 2.47. The van der Waals surface area contributed by atoms with Gasteiger partial charge in [-0.3, -0.25) is 4.79 Å². The van der Waals surface area contributed by atoms with Gasteiger partial charge in [0.25, 0.3) is 15.9 Å². The number of imidazole rings is 1. The summed E-state index contributed by atoms with van der Waals surface area (Å²) < 4.78 is 34.3. The fourth-order valence-corrected chi connectivity index (χ4v) is 4.98. The normalized spacial score (nSPS) is 19.9. The number of hydrogen-bond acceptors (Lipinski definition) is 6. The highest BCUT2D eigenvalue weighted by Gasteiger charge is 2.56. The molecule has 154 valence electrons. The fraction of sp³-hybridized carbons (Fsp3) is 0.421. The van der Waals surface area contributed by atoms with Gasteiger partial charge in [-0.25, -0.2) is 23.1 Å². The van der Waals surface area contributed by atoms with E-state index in [9.17, 15) is 18.0 Å². The lowest BCUT2D eigenvalue weighted by atomic mass is 9.91. The minimum atomic E-state index is -3.78. The maximum absolute atomic E-state index is 13.0. The van der Waals surface area contributed by atoms with Crippen molar-refractivity contribution in [1.82, 2.24) is 13.9 Å². The molecular formula is C19H22N4O5S. The Balaban J connectivity index is 1.51. The van der Waals surface area contributed by atoms with Crippen molar-refractivity contribution in [3.8, 4) is 0 Å². The van der Waals surface area contributed by atoms with Gasteiger partial charge >= 0.3 is 6.09 Å². The zero-order valence-corrected chi connectivity index (χ0v) is 17.0. The first-order chi connectivity index (χ1) is 13.7. The quantitative estimate of drug-likeness (QED) is 0.754. The van der Waals surface area contributed by atoms with Gasteiger partial charge in [-0.2, -0.15) is 4.31 Å². The summed E-state index contributed by atoms with van der Waals surface area (Å²) in [5, 5.41) is -0.0252. The molecule has 2 saturated heterocycles. The van der Waals surface area contributed by atoms with E-state index in [0.29, 0.717) is 5.69 Å². The second kappa shape index (κ2) is 6.96. The molecule has 3 heterocycles. The monoisotopic (exact) mass is 418 g/mol. The van der Waals surface area contributed by atoms with Crippen molar-refractivity contribution in [2.75, 3.05) is 18.0 Å². The third-order valence-corrected chi connectivity index (χ3v) is 7.17. The van der Waals surface area contributed by atoms with Gasteiger partial charge in [0.2, 0.25) is 0 Å². The van der Waals surface area contributed by atoms with Crippen LogP contribution < -0.4 is 4.90 Å². The molecule has 1 spiro atoms. The third kappa shape index (κ3) is 3.22. The van der Waals surface area contributed by atoms with Crippen molar-refractivity contribution >= 4 is 27.7 Å². The Morgan fingerprint density at radius 2 is 1.76 bits per heavy atom. The Morgan fingerprint density at radius 3 is 2.34 bits per heavy atom. The molecule has 2 amide bonds. The molecule has 0 radical (unpaired) electrons. The Labute approximate surface area is 168 Å². The van der Waals surface area contributed by atoms with Crippen molar-refractivity contribution in [3.05, 3.63) is 42.9 Å². The first-order valence-electron chi connectivity index (χ1n) is 9.41. The van der Waals surface area contributed by atoms with Crippen LogP contribution in [0.2, 0.25) is 0 Å². The molecule has 1 aromatic heterocycles. The molecule has 10 heteroatoms. The average Bonchev–Trinajstić information content (AvgIpc) is 3.28. The molecule has 2 aliphatic rings. The lowest BCUT2D eigenvalue weighted by Gasteiger charge is -2.34. The van der Waals surface area contributed by atoms with Crippen LogP contribution in [-0.2, 0) is 19.6 Å². The number of ether oxygens (including phenoxy) is 1. The van der Waals surface area contributed by atoms with Gasteiger partial charge in [0.1, 0.15) is 0 Å². The van der Waals surface area contributed by atoms with Gasteiger partial charge in [-0.1, -0.05) is 18.2 Å². The maximum Gasteiger partial charge on any atom is 0.422 e. The second-order valence-electron chi connectivity index (χ2n) is 7.50. The fourth-order valence-electron chi connectivity index (χ4n) is 3.61. The van der Waals surface area contributed by atoms with Crippen molar-refractivity contribution in [3.63, 3.8) is 0 Å². The molecule has 0 N–H and O–H groups in total. The van der Waals surface area contributed by atoms with Crippen molar-refractivity contribution in [2.24, 2.45) is 0 Å². The van der Waals surface area contributed by atoms with E-state index >= 15 is 0 Å². The number of rotatable bonds is 4. The number of carbonyl (C=O) groups is 2. The summed E-state index contributed by atoms with van der Waals surface area (Å²) in [5.41, 5.74) is -0.885. The first-order valence-corrected chi connectivity index (χ1v) is 10.8. The third-order valence-electron chi connectivity index (χ3n) is 5.38. The van der Waals surface area contributed by atoms with Crippen LogP contribution in [0.3, 0.4) is 0 Å². The highest BCUT2D eigenvalue weighted by Crippen LogP contribution is 2.38. The van der Waals surface area contributed by atoms with E-state index in [-0.39, 0.29) is 37.0 Å². The lowest BCUT2D eigenvalue weighted by molar-refractivity contribution is -0.132. The minimum Gasteiger partial charge on any atom is -0.432 e. The number of piperidine rings is 1. The number of nitrogens with zero attached hydrogens (tertiary/aromatic N) is 4. The molecular weight excluding hydrogens is 396 g/mol. The number of aromatic nitrogens is 2. The van der Waals surface area contributed by atoms with Gasteiger partial charge in [0, 0.05) is 38.2 Å². The highest BCUT2D eigenvalue weighted by molar-refractivity contribution is 7.89. The number of imide groups is 1. The highest BCUT2D eigenvalue weighted by atomic mass is 32.2. The summed E-state index contributed by atoms with van der Waals surface area (Å²) >= 11 is 0. The Kier molecular flexibility index (Phi) is 4.70. The smallest absolute Gasteiger partial charge is 0.422 e. The first kappa shape index (κ1) is 19.6. The van der Waals surface area contributed by atoms with E-state index in [1.165, 1.54) is 16.8 Å².